The van der Waals surface area contributed by atoms with E-state index >= 15 is 0 Å². The third-order valence-corrected chi connectivity index (χ3v) is 6.21. The molecule has 7 nitrogen and oxygen atoms in total. The summed E-state index contributed by atoms with van der Waals surface area (Å²) in [5.41, 5.74) is 2.27. The molecule has 33 heavy (non-hydrogen) atoms. The average molecular weight is 444 g/mol. The molecule has 168 valence electrons. The molecule has 5 rings (SSSR count). The zero-order valence-electron chi connectivity index (χ0n) is 18.5. The van der Waals surface area contributed by atoms with Gasteiger partial charge in [-0.25, -0.2) is 4.79 Å². The van der Waals surface area contributed by atoms with Crippen molar-refractivity contribution in [1.29, 1.82) is 0 Å². The van der Waals surface area contributed by atoms with Crippen LogP contribution in [0.5, 0.6) is 5.75 Å². The van der Waals surface area contributed by atoms with E-state index in [9.17, 15) is 14.4 Å². The number of aromatic amines is 2. The van der Waals surface area contributed by atoms with Gasteiger partial charge in [0.15, 0.2) is 5.78 Å². The Bertz CT molecular complexity index is 1370. The Labute approximate surface area is 190 Å². The SMILES string of the molecule is CC1(C)CC(=O)C2=C(C1)Nc1[nH]c(=O)[nH]c(=O)c1[C@@H]2c1ccc(OCc2ccccc2)cc1. The van der Waals surface area contributed by atoms with Gasteiger partial charge in [-0.15, -0.1) is 0 Å². The molecule has 0 fully saturated rings. The van der Waals surface area contributed by atoms with Crippen molar-refractivity contribution >= 4 is 11.6 Å². The van der Waals surface area contributed by atoms with E-state index in [1.807, 2.05) is 68.4 Å². The number of aromatic nitrogens is 2. The smallest absolute Gasteiger partial charge is 0.327 e. The molecule has 2 heterocycles. The standard InChI is InChI=1S/C26H25N3O4/c1-26(2)12-18-21(19(30)13-26)20(22-23(27-18)28-25(32)29-24(22)31)16-8-10-17(11-9-16)33-14-15-6-4-3-5-7-15/h3-11,20H,12-14H2,1-2H3,(H3,27,28,29,31,32)/t20-/m1/s1. The second-order valence-electron chi connectivity index (χ2n) is 9.43. The summed E-state index contributed by atoms with van der Waals surface area (Å²) in [6, 6.07) is 17.3. The summed E-state index contributed by atoms with van der Waals surface area (Å²) in [4.78, 5) is 43.0. The highest BCUT2D eigenvalue weighted by molar-refractivity contribution is 6.01. The van der Waals surface area contributed by atoms with E-state index < -0.39 is 17.2 Å². The second-order valence-corrected chi connectivity index (χ2v) is 9.43. The summed E-state index contributed by atoms with van der Waals surface area (Å²) in [6.45, 7) is 4.53. The van der Waals surface area contributed by atoms with Crippen molar-refractivity contribution in [3.05, 3.63) is 103 Å². The lowest BCUT2D eigenvalue weighted by atomic mass is 9.69. The molecule has 3 aromatic rings. The molecule has 1 aliphatic heterocycles. The van der Waals surface area contributed by atoms with Gasteiger partial charge in [0, 0.05) is 23.6 Å². The zero-order chi connectivity index (χ0) is 23.2. The first-order chi connectivity index (χ1) is 15.8. The van der Waals surface area contributed by atoms with E-state index in [0.29, 0.717) is 42.2 Å². The zero-order valence-corrected chi connectivity index (χ0v) is 18.5. The number of hydrogen-bond donors (Lipinski definition) is 3. The Morgan fingerprint density at radius 3 is 2.39 bits per heavy atom. The Morgan fingerprint density at radius 1 is 0.939 bits per heavy atom. The lowest BCUT2D eigenvalue weighted by Crippen LogP contribution is -2.38. The second kappa shape index (κ2) is 7.92. The number of nitrogens with one attached hydrogen (secondary N) is 3. The van der Waals surface area contributed by atoms with E-state index in [2.05, 4.69) is 15.3 Å². The van der Waals surface area contributed by atoms with Gasteiger partial charge >= 0.3 is 5.69 Å². The topological polar surface area (TPSA) is 104 Å². The number of carbonyl (C=O) groups excluding carboxylic acids is 1. The van der Waals surface area contributed by atoms with Crippen LogP contribution >= 0.6 is 0 Å². The molecule has 1 atom stereocenters. The van der Waals surface area contributed by atoms with E-state index in [4.69, 9.17) is 4.74 Å². The molecule has 3 N–H and O–H groups in total. The van der Waals surface area contributed by atoms with Gasteiger partial charge in [0.2, 0.25) is 0 Å². The largest absolute Gasteiger partial charge is 0.489 e. The van der Waals surface area contributed by atoms with Gasteiger partial charge in [0.1, 0.15) is 18.2 Å². The van der Waals surface area contributed by atoms with Crippen LogP contribution < -0.4 is 21.3 Å². The lowest BCUT2D eigenvalue weighted by Gasteiger charge is -2.38. The van der Waals surface area contributed by atoms with Gasteiger partial charge in [-0.2, -0.15) is 0 Å². The first-order valence-electron chi connectivity index (χ1n) is 11.0. The minimum absolute atomic E-state index is 0.0133. The third-order valence-electron chi connectivity index (χ3n) is 6.21. The van der Waals surface area contributed by atoms with E-state index in [1.165, 1.54) is 0 Å². The number of ether oxygens (including phenoxy) is 1. The van der Waals surface area contributed by atoms with Gasteiger partial charge in [0.05, 0.1) is 5.56 Å². The molecule has 0 spiro atoms. The monoisotopic (exact) mass is 443 g/mol. The van der Waals surface area contributed by atoms with Crippen LogP contribution in [0.3, 0.4) is 0 Å². The normalized spacial score (nSPS) is 18.8. The third kappa shape index (κ3) is 4.02. The Morgan fingerprint density at radius 2 is 1.67 bits per heavy atom. The summed E-state index contributed by atoms with van der Waals surface area (Å²) in [6.07, 6.45) is 1.05. The molecule has 2 aliphatic rings. The molecule has 0 saturated heterocycles. The number of allylic oxidation sites excluding steroid dienone is 2. The van der Waals surface area contributed by atoms with Gasteiger partial charge in [-0.3, -0.25) is 19.6 Å². The number of Topliss-reactive ketones (excluding diaryl/α,β-unsaturated/α-hetero) is 1. The fourth-order valence-corrected chi connectivity index (χ4v) is 4.78. The quantitative estimate of drug-likeness (QED) is 0.568. The van der Waals surface area contributed by atoms with Gasteiger partial charge in [-0.05, 0) is 35.1 Å². The van der Waals surface area contributed by atoms with Crippen LogP contribution in [0.4, 0.5) is 5.82 Å². The van der Waals surface area contributed by atoms with E-state index in [1.54, 1.807) is 0 Å². The van der Waals surface area contributed by atoms with Crippen LogP contribution in [0.2, 0.25) is 0 Å². The molecule has 1 aliphatic carbocycles. The summed E-state index contributed by atoms with van der Waals surface area (Å²) >= 11 is 0. The molecule has 0 amide bonds. The van der Waals surface area contributed by atoms with Gasteiger partial charge in [0.25, 0.3) is 5.56 Å². The van der Waals surface area contributed by atoms with Crippen LogP contribution in [0.25, 0.3) is 0 Å². The van der Waals surface area contributed by atoms with Crippen LogP contribution in [0.1, 0.15) is 49.3 Å². The van der Waals surface area contributed by atoms with Crippen LogP contribution in [-0.2, 0) is 11.4 Å². The van der Waals surface area contributed by atoms with E-state index in [0.717, 1.165) is 16.8 Å². The van der Waals surface area contributed by atoms with Crippen molar-refractivity contribution in [1.82, 2.24) is 9.97 Å². The highest BCUT2D eigenvalue weighted by Crippen LogP contribution is 2.47. The van der Waals surface area contributed by atoms with Crippen LogP contribution in [0.15, 0.2) is 75.5 Å². The van der Waals surface area contributed by atoms with Crippen molar-refractivity contribution in [2.75, 3.05) is 5.32 Å². The number of hydrogen-bond acceptors (Lipinski definition) is 5. The average Bonchev–Trinajstić information content (AvgIpc) is 2.76. The van der Waals surface area contributed by atoms with Crippen molar-refractivity contribution in [2.24, 2.45) is 5.41 Å². The summed E-state index contributed by atoms with van der Waals surface area (Å²) in [5.74, 6) is 0.489. The molecule has 7 heteroatoms. The van der Waals surface area contributed by atoms with Crippen molar-refractivity contribution < 1.29 is 9.53 Å². The molecule has 1 aromatic heterocycles. The van der Waals surface area contributed by atoms with Gasteiger partial charge < -0.3 is 10.1 Å². The Hall–Kier alpha value is -3.87. The predicted octanol–water partition coefficient (Wildman–Crippen LogP) is 3.84. The predicted molar refractivity (Wildman–Crippen MR) is 125 cm³/mol. The Kier molecular flexibility index (Phi) is 5.04. The summed E-state index contributed by atoms with van der Waals surface area (Å²) < 4.78 is 5.89. The number of benzene rings is 2. The van der Waals surface area contributed by atoms with Crippen molar-refractivity contribution in [3.63, 3.8) is 0 Å². The number of carbonyl (C=O) groups is 1. The number of anilines is 1. The first kappa shape index (κ1) is 21.0. The fraction of sp³-hybridized carbons (Fsp3) is 0.269. The highest BCUT2D eigenvalue weighted by Gasteiger charge is 2.42. The maximum Gasteiger partial charge on any atom is 0.327 e. The van der Waals surface area contributed by atoms with Crippen molar-refractivity contribution in [3.8, 4) is 5.75 Å². The van der Waals surface area contributed by atoms with Crippen molar-refractivity contribution in [2.45, 2.75) is 39.2 Å². The van der Waals surface area contributed by atoms with E-state index in [-0.39, 0.29) is 11.2 Å². The molecule has 0 saturated carbocycles. The highest BCUT2D eigenvalue weighted by atomic mass is 16.5. The van der Waals surface area contributed by atoms with Crippen LogP contribution in [0, 0.1) is 5.41 Å². The van der Waals surface area contributed by atoms with Crippen LogP contribution in [-0.4, -0.2) is 15.8 Å². The number of fused-ring (bicyclic) bond motifs is 1. The summed E-state index contributed by atoms with van der Waals surface area (Å²) in [7, 11) is 0. The number of ketones is 1. The lowest BCUT2D eigenvalue weighted by molar-refractivity contribution is -0.118. The maximum atomic E-state index is 13.2. The minimum Gasteiger partial charge on any atom is -0.489 e. The molecular formula is C26H25N3O4. The maximum absolute atomic E-state index is 13.2. The fourth-order valence-electron chi connectivity index (χ4n) is 4.78. The molecule has 0 radical (unpaired) electrons. The summed E-state index contributed by atoms with van der Waals surface area (Å²) in [5, 5.41) is 3.17. The number of H-pyrrole nitrogens is 2. The molecule has 2 aromatic carbocycles. The molecular weight excluding hydrogens is 418 g/mol. The molecule has 0 bridgehead atoms. The Balaban J connectivity index is 1.54. The van der Waals surface area contributed by atoms with Gasteiger partial charge in [-0.1, -0.05) is 56.3 Å². The number of rotatable bonds is 4. The first-order valence-corrected chi connectivity index (χ1v) is 11.0. The minimum atomic E-state index is -0.583. The molecule has 0 unspecified atom stereocenters.